The van der Waals surface area contributed by atoms with Crippen LogP contribution >= 0.6 is 0 Å². The second-order valence-electron chi connectivity index (χ2n) is 6.10. The smallest absolute Gasteiger partial charge is 0.335 e. The molecular weight excluding hydrogens is 372 g/mol. The Hall–Kier alpha value is -3.46. The number of rotatable bonds is 7. The van der Waals surface area contributed by atoms with Crippen molar-refractivity contribution < 1.29 is 39.6 Å². The van der Waals surface area contributed by atoms with E-state index in [9.17, 15) is 29.4 Å². The Bertz CT molecular complexity index is 830. The maximum atomic E-state index is 11.9. The summed E-state index contributed by atoms with van der Waals surface area (Å²) in [6.45, 7) is 1.19. The van der Waals surface area contributed by atoms with Gasteiger partial charge in [-0.2, -0.15) is 0 Å². The first-order valence-electron chi connectivity index (χ1n) is 7.72. The summed E-state index contributed by atoms with van der Waals surface area (Å²) < 4.78 is 0. The highest BCUT2D eigenvalue weighted by atomic mass is 28.3. The van der Waals surface area contributed by atoms with Crippen molar-refractivity contribution in [2.75, 3.05) is 0 Å². The van der Waals surface area contributed by atoms with Crippen molar-refractivity contribution in [1.29, 1.82) is 0 Å². The predicted octanol–water partition coefficient (Wildman–Crippen LogP) is 3.35. The zero-order valence-corrected chi connectivity index (χ0v) is 15.1. The highest BCUT2D eigenvalue weighted by Crippen LogP contribution is 2.35. The van der Waals surface area contributed by atoms with Crippen molar-refractivity contribution in [3.05, 3.63) is 70.8 Å². The second kappa shape index (κ2) is 7.42. The quantitative estimate of drug-likeness (QED) is 0.527. The first kappa shape index (κ1) is 19.9. The maximum Gasteiger partial charge on any atom is 0.335 e. The Morgan fingerprint density at radius 1 is 0.667 bits per heavy atom. The van der Waals surface area contributed by atoms with Crippen LogP contribution in [-0.2, 0) is 0 Å². The van der Waals surface area contributed by atoms with Crippen molar-refractivity contribution >= 4 is 31.2 Å². The molecule has 27 heavy (non-hydrogen) atoms. The number of carboxylic acid groups (broad SMARTS) is 4. The van der Waals surface area contributed by atoms with Crippen molar-refractivity contribution in [1.82, 2.24) is 0 Å². The van der Waals surface area contributed by atoms with Crippen LogP contribution in [0.2, 0.25) is 6.55 Å². The number of carbonyl (C=O) groups is 4. The van der Waals surface area contributed by atoms with Gasteiger partial charge in [-0.05, 0) is 41.9 Å². The molecule has 0 saturated carbocycles. The number of carboxylic acids is 2. The molecule has 0 radical (unpaired) electrons. The Kier molecular flexibility index (Phi) is 5.46. The molecule has 0 aliphatic rings. The normalized spacial score (nSPS) is 11.2. The van der Waals surface area contributed by atoms with Gasteiger partial charge in [-0.25, -0.2) is 9.59 Å². The number of aromatic carboxylic acids is 2. The lowest BCUT2D eigenvalue weighted by Crippen LogP contribution is -2.54. The topological polar surface area (TPSA) is 149 Å². The third kappa shape index (κ3) is 3.72. The van der Waals surface area contributed by atoms with E-state index < -0.39 is 36.7 Å². The maximum absolute atomic E-state index is 11.9. The number of hydrogen-bond acceptors (Lipinski definition) is 4. The summed E-state index contributed by atoms with van der Waals surface area (Å²) in [7, 11) is -4.07. The molecule has 0 aliphatic heterocycles. The van der Waals surface area contributed by atoms with Crippen molar-refractivity contribution in [2.24, 2.45) is 0 Å². The van der Waals surface area contributed by atoms with Crippen molar-refractivity contribution in [3.63, 3.8) is 0 Å². The molecule has 140 valence electrons. The van der Waals surface area contributed by atoms with Crippen LogP contribution in [0.1, 0.15) is 37.4 Å². The van der Waals surface area contributed by atoms with Crippen molar-refractivity contribution in [2.45, 2.75) is 12.1 Å². The van der Waals surface area contributed by atoms with Gasteiger partial charge in [0.15, 0.2) is 0 Å². The van der Waals surface area contributed by atoms with Crippen molar-refractivity contribution in [3.8, 4) is 0 Å². The third-order valence-electron chi connectivity index (χ3n) is 4.45. The molecule has 0 saturated heterocycles. The van der Waals surface area contributed by atoms with Crippen LogP contribution < -0.4 is 0 Å². The Morgan fingerprint density at radius 2 is 0.963 bits per heavy atom. The minimum atomic E-state index is -4.07. The molecule has 4 N–H and O–H groups in total. The van der Waals surface area contributed by atoms with Crippen LogP contribution in [0.3, 0.4) is 0 Å². The molecule has 9 heteroatoms. The molecule has 2 aromatic carbocycles. The van der Waals surface area contributed by atoms with Gasteiger partial charge in [-0.3, -0.25) is 9.59 Å². The number of benzene rings is 2. The first-order valence-corrected chi connectivity index (χ1v) is 10.3. The van der Waals surface area contributed by atoms with Gasteiger partial charge >= 0.3 is 20.0 Å². The van der Waals surface area contributed by atoms with Gasteiger partial charge in [0, 0.05) is 5.54 Å². The first-order chi connectivity index (χ1) is 12.6. The minimum Gasteiger partial charge on any atom is -0.485 e. The predicted molar refractivity (Wildman–Crippen MR) is 96.3 cm³/mol. The van der Waals surface area contributed by atoms with E-state index in [0.717, 1.165) is 0 Å². The summed E-state index contributed by atoms with van der Waals surface area (Å²) in [6.07, 6.45) is 0. The summed E-state index contributed by atoms with van der Waals surface area (Å²) in [5.41, 5.74) is -3.29. The molecule has 0 fully saturated rings. The molecule has 0 heterocycles. The van der Waals surface area contributed by atoms with Crippen LogP contribution in [0.5, 0.6) is 0 Å². The van der Waals surface area contributed by atoms with E-state index in [1.807, 2.05) is 0 Å². The van der Waals surface area contributed by atoms with Gasteiger partial charge in [0.2, 0.25) is 0 Å². The van der Waals surface area contributed by atoms with Gasteiger partial charge in [0.05, 0.1) is 11.1 Å². The zero-order chi connectivity index (χ0) is 20.4. The molecule has 0 bridgehead atoms. The zero-order valence-electron chi connectivity index (χ0n) is 14.1. The Balaban J connectivity index is 2.67. The van der Waals surface area contributed by atoms with Gasteiger partial charge in [-0.1, -0.05) is 24.3 Å². The van der Waals surface area contributed by atoms with E-state index in [-0.39, 0.29) is 11.1 Å². The van der Waals surface area contributed by atoms with E-state index in [1.165, 1.54) is 55.1 Å². The molecule has 0 unspecified atom stereocenters. The van der Waals surface area contributed by atoms with Crippen LogP contribution in [0.4, 0.5) is 9.59 Å². The molecule has 0 amide bonds. The largest absolute Gasteiger partial charge is 0.485 e. The third-order valence-corrected chi connectivity index (χ3v) is 8.05. The van der Waals surface area contributed by atoms with Crippen LogP contribution in [0, 0.1) is 0 Å². The fourth-order valence-corrected chi connectivity index (χ4v) is 5.23. The lowest BCUT2D eigenvalue weighted by Gasteiger charge is -2.28. The fraction of sp³-hybridized carbons (Fsp3) is 0.111. The van der Waals surface area contributed by atoms with Crippen LogP contribution in [0.25, 0.3) is 0 Å². The lowest BCUT2D eigenvalue weighted by molar-refractivity contribution is 0.0686. The summed E-state index contributed by atoms with van der Waals surface area (Å²) in [4.78, 5) is 45.9. The van der Waals surface area contributed by atoms with Gasteiger partial charge < -0.3 is 20.4 Å². The monoisotopic (exact) mass is 388 g/mol. The molecular formula is C18H16O8Si. The molecule has 0 aromatic heterocycles. The number of hydrogen-bond donors (Lipinski definition) is 4. The van der Waals surface area contributed by atoms with E-state index in [1.54, 1.807) is 0 Å². The SMILES string of the molecule is C[Si](C(=O)O)(C(=O)O)C(c1ccc(C(=O)O)cc1)c1ccc(C(=O)O)cc1. The molecule has 2 aromatic rings. The lowest BCUT2D eigenvalue weighted by atomic mass is 10.0. The van der Waals surface area contributed by atoms with E-state index in [2.05, 4.69) is 0 Å². The van der Waals surface area contributed by atoms with Crippen LogP contribution in [0.15, 0.2) is 48.5 Å². The molecule has 0 atom stereocenters. The standard InChI is InChI=1S/C18H16O8Si/c1-27(17(23)24,18(25)26)14(10-2-6-12(7-3-10)15(19)20)11-4-8-13(9-5-11)16(21)22/h2-9,14H,1H3,(H,19,20)(H,21,22)(H,23,24)(H,25,26). The van der Waals surface area contributed by atoms with Gasteiger partial charge in [0.1, 0.15) is 0 Å². The van der Waals surface area contributed by atoms with Gasteiger partial charge in [0.25, 0.3) is 11.2 Å². The molecule has 0 spiro atoms. The van der Waals surface area contributed by atoms with E-state index in [0.29, 0.717) is 11.1 Å². The van der Waals surface area contributed by atoms with Gasteiger partial charge in [-0.15, -0.1) is 0 Å². The Morgan fingerprint density at radius 3 is 1.19 bits per heavy atom. The second-order valence-corrected chi connectivity index (χ2v) is 9.94. The van der Waals surface area contributed by atoms with E-state index >= 15 is 0 Å². The molecule has 8 nitrogen and oxygen atoms in total. The average Bonchev–Trinajstić information content (AvgIpc) is 2.62. The molecule has 2 rings (SSSR count). The average molecular weight is 388 g/mol. The summed E-state index contributed by atoms with van der Waals surface area (Å²) >= 11 is 0. The summed E-state index contributed by atoms with van der Waals surface area (Å²) in [6, 6.07) is 10.6. The molecule has 0 aliphatic carbocycles. The van der Waals surface area contributed by atoms with Crippen LogP contribution in [-0.4, -0.2) is 51.6 Å². The minimum absolute atomic E-state index is 0.0206. The highest BCUT2D eigenvalue weighted by molar-refractivity contribution is 7.23. The summed E-state index contributed by atoms with van der Waals surface area (Å²) in [5.74, 6) is -2.33. The highest BCUT2D eigenvalue weighted by Gasteiger charge is 2.54. The summed E-state index contributed by atoms with van der Waals surface area (Å²) in [5, 5.41) is 37.4. The Labute approximate surface area is 154 Å². The van der Waals surface area contributed by atoms with E-state index in [4.69, 9.17) is 10.2 Å². The fourth-order valence-electron chi connectivity index (χ4n) is 2.83.